The summed E-state index contributed by atoms with van der Waals surface area (Å²) >= 11 is 0. The first kappa shape index (κ1) is 18.6. The molecule has 5 nitrogen and oxygen atoms in total. The molecule has 1 aromatic carbocycles. The second-order valence-electron chi connectivity index (χ2n) is 9.18. The lowest BCUT2D eigenvalue weighted by molar-refractivity contribution is 0.00813. The van der Waals surface area contributed by atoms with E-state index in [0.29, 0.717) is 12.2 Å². The molecule has 8 heteroatoms. The van der Waals surface area contributed by atoms with Gasteiger partial charge in [0.25, 0.3) is 0 Å². The molecule has 6 rings (SSSR count). The average Bonchev–Trinajstić information content (AvgIpc) is 3.64. The summed E-state index contributed by atoms with van der Waals surface area (Å²) in [5.41, 5.74) is -0.525. The summed E-state index contributed by atoms with van der Waals surface area (Å²) < 4.78 is 50.4. The first-order valence-corrected chi connectivity index (χ1v) is 10.5. The Morgan fingerprint density at radius 2 is 1.77 bits per heavy atom. The van der Waals surface area contributed by atoms with Gasteiger partial charge in [-0.25, -0.2) is 13.2 Å². The zero-order chi connectivity index (χ0) is 20.7. The van der Waals surface area contributed by atoms with Gasteiger partial charge in [-0.1, -0.05) is 0 Å². The highest BCUT2D eigenvalue weighted by Crippen LogP contribution is 2.52. The van der Waals surface area contributed by atoms with Gasteiger partial charge in [-0.15, -0.1) is 10.2 Å². The number of ether oxygens (including phenoxy) is 1. The van der Waals surface area contributed by atoms with Gasteiger partial charge in [0.05, 0.1) is 29.9 Å². The smallest absolute Gasteiger partial charge is 0.154 e. The van der Waals surface area contributed by atoms with Crippen LogP contribution in [0.2, 0.25) is 0 Å². The van der Waals surface area contributed by atoms with Crippen LogP contribution in [0.15, 0.2) is 12.1 Å². The van der Waals surface area contributed by atoms with Gasteiger partial charge in [0.15, 0.2) is 5.82 Å². The van der Waals surface area contributed by atoms with Crippen LogP contribution in [0.25, 0.3) is 11.3 Å². The van der Waals surface area contributed by atoms with Crippen molar-refractivity contribution in [2.75, 3.05) is 5.32 Å². The number of hydrogen-bond donors (Lipinski definition) is 2. The molecule has 3 fully saturated rings. The topological polar surface area (TPSA) is 67.3 Å². The van der Waals surface area contributed by atoms with Crippen LogP contribution in [0.4, 0.5) is 19.0 Å². The number of fused-ring (bicyclic) bond motifs is 1. The lowest BCUT2D eigenvalue weighted by Gasteiger charge is -2.35. The third kappa shape index (κ3) is 2.84. The standard InChI is InChI=1S/C22H22F3N3O2/c23-14-7-11(22(25)5-6-22)8-15(24)18(14)19-12-9-21(3-4-21)30-10-13(12)20(28-27-19)26-16-1-2-17(16)29/h7-8,16-17,29H,1-6,9-10H2,(H,26,28)/t16-,17-/m1/s1. The number of aromatic nitrogens is 2. The van der Waals surface area contributed by atoms with E-state index in [1.807, 2.05) is 0 Å². The highest BCUT2D eigenvalue weighted by atomic mass is 19.1. The van der Waals surface area contributed by atoms with Crippen molar-refractivity contribution < 1.29 is 23.0 Å². The minimum atomic E-state index is -1.62. The number of aliphatic hydroxyl groups is 1. The fraction of sp³-hybridized carbons (Fsp3) is 0.545. The monoisotopic (exact) mass is 417 g/mol. The van der Waals surface area contributed by atoms with Crippen LogP contribution in [0.5, 0.6) is 0 Å². The zero-order valence-electron chi connectivity index (χ0n) is 16.4. The maximum absolute atomic E-state index is 15.0. The molecule has 0 radical (unpaired) electrons. The Labute approximate surface area is 171 Å². The summed E-state index contributed by atoms with van der Waals surface area (Å²) in [6, 6.07) is 2.06. The Kier molecular flexibility index (Phi) is 3.82. The Bertz CT molecular complexity index is 1030. The number of aliphatic hydroxyl groups excluding tert-OH is 1. The Hall–Kier alpha value is -2.19. The number of rotatable bonds is 4. The van der Waals surface area contributed by atoms with Gasteiger partial charge in [0.1, 0.15) is 23.0 Å². The van der Waals surface area contributed by atoms with Crippen LogP contribution in [0.3, 0.4) is 0 Å². The first-order valence-electron chi connectivity index (χ1n) is 10.5. The fourth-order valence-electron chi connectivity index (χ4n) is 4.51. The molecule has 0 unspecified atom stereocenters. The van der Waals surface area contributed by atoms with Crippen LogP contribution in [-0.4, -0.2) is 33.1 Å². The van der Waals surface area contributed by atoms with E-state index in [0.717, 1.165) is 48.9 Å². The van der Waals surface area contributed by atoms with Crippen molar-refractivity contribution in [2.45, 2.75) is 75.0 Å². The lowest BCUT2D eigenvalue weighted by atomic mass is 9.88. The molecule has 30 heavy (non-hydrogen) atoms. The molecule has 3 aliphatic carbocycles. The van der Waals surface area contributed by atoms with Crippen LogP contribution in [-0.2, 0) is 23.4 Å². The Balaban J connectivity index is 1.45. The fourth-order valence-corrected chi connectivity index (χ4v) is 4.51. The third-order valence-electron chi connectivity index (χ3n) is 7.06. The molecule has 2 aromatic rings. The highest BCUT2D eigenvalue weighted by Gasteiger charge is 2.49. The highest BCUT2D eigenvalue weighted by molar-refractivity contribution is 5.70. The summed E-state index contributed by atoms with van der Waals surface area (Å²) in [6.07, 6.45) is 3.96. The molecule has 4 aliphatic rings. The van der Waals surface area contributed by atoms with E-state index >= 15 is 8.78 Å². The normalized spacial score (nSPS) is 27.3. The molecule has 2 atom stereocenters. The van der Waals surface area contributed by atoms with Crippen LogP contribution < -0.4 is 5.32 Å². The SMILES string of the molecule is O[C@@H]1CC[C@H]1Nc1nnc(-c2c(F)cc(C3(F)CC3)cc2F)c2c1COC1(CC1)C2. The third-order valence-corrected chi connectivity index (χ3v) is 7.06. The van der Waals surface area contributed by atoms with Crippen molar-refractivity contribution >= 4 is 5.82 Å². The molecule has 1 spiro atoms. The van der Waals surface area contributed by atoms with Crippen molar-refractivity contribution in [3.63, 3.8) is 0 Å². The number of anilines is 1. The predicted octanol–water partition coefficient (Wildman–Crippen LogP) is 3.92. The Morgan fingerprint density at radius 3 is 2.33 bits per heavy atom. The van der Waals surface area contributed by atoms with E-state index in [1.165, 1.54) is 0 Å². The number of benzene rings is 1. The van der Waals surface area contributed by atoms with E-state index in [2.05, 4.69) is 15.5 Å². The van der Waals surface area contributed by atoms with Gasteiger partial charge in [0.2, 0.25) is 0 Å². The summed E-state index contributed by atoms with van der Waals surface area (Å²) in [6.45, 7) is 0.276. The molecule has 0 bridgehead atoms. The summed E-state index contributed by atoms with van der Waals surface area (Å²) in [4.78, 5) is 0. The van der Waals surface area contributed by atoms with Gasteiger partial charge in [0, 0.05) is 12.0 Å². The number of halogens is 3. The summed E-state index contributed by atoms with van der Waals surface area (Å²) in [5, 5.41) is 21.5. The maximum atomic E-state index is 15.0. The van der Waals surface area contributed by atoms with Gasteiger partial charge < -0.3 is 15.2 Å². The molecule has 0 saturated heterocycles. The van der Waals surface area contributed by atoms with Gasteiger partial charge in [-0.2, -0.15) is 0 Å². The van der Waals surface area contributed by atoms with Crippen LogP contribution in [0, 0.1) is 11.6 Å². The first-order chi connectivity index (χ1) is 14.4. The minimum absolute atomic E-state index is 0.0438. The maximum Gasteiger partial charge on any atom is 0.154 e. The second-order valence-corrected chi connectivity index (χ2v) is 9.18. The van der Waals surface area contributed by atoms with Crippen molar-refractivity contribution in [1.29, 1.82) is 0 Å². The quantitative estimate of drug-likeness (QED) is 0.789. The molecule has 1 aliphatic heterocycles. The van der Waals surface area contributed by atoms with Crippen LogP contribution in [0.1, 0.15) is 55.2 Å². The van der Waals surface area contributed by atoms with Gasteiger partial charge >= 0.3 is 0 Å². The van der Waals surface area contributed by atoms with E-state index in [-0.39, 0.29) is 47.9 Å². The van der Waals surface area contributed by atoms with Crippen molar-refractivity contribution in [3.05, 3.63) is 40.5 Å². The van der Waals surface area contributed by atoms with E-state index in [9.17, 15) is 9.50 Å². The largest absolute Gasteiger partial charge is 0.391 e. The zero-order valence-corrected chi connectivity index (χ0v) is 16.4. The van der Waals surface area contributed by atoms with Crippen LogP contribution >= 0.6 is 0 Å². The molecule has 1 aromatic heterocycles. The van der Waals surface area contributed by atoms with Gasteiger partial charge in [-0.3, -0.25) is 0 Å². The lowest BCUT2D eigenvalue weighted by Crippen LogP contribution is -2.43. The van der Waals surface area contributed by atoms with Crippen molar-refractivity contribution in [1.82, 2.24) is 10.2 Å². The number of nitrogens with one attached hydrogen (secondary N) is 1. The van der Waals surface area contributed by atoms with Crippen molar-refractivity contribution in [2.24, 2.45) is 0 Å². The Morgan fingerprint density at radius 1 is 1.03 bits per heavy atom. The van der Waals surface area contributed by atoms with E-state index < -0.39 is 23.4 Å². The molecule has 3 saturated carbocycles. The molecule has 158 valence electrons. The van der Waals surface area contributed by atoms with E-state index in [1.54, 1.807) is 0 Å². The molecular formula is C22H22F3N3O2. The average molecular weight is 417 g/mol. The second kappa shape index (κ2) is 6.17. The minimum Gasteiger partial charge on any atom is -0.391 e. The molecule has 0 amide bonds. The molecular weight excluding hydrogens is 395 g/mol. The summed E-state index contributed by atoms with van der Waals surface area (Å²) in [7, 11) is 0. The summed E-state index contributed by atoms with van der Waals surface area (Å²) in [5.74, 6) is -1.15. The van der Waals surface area contributed by atoms with Crippen molar-refractivity contribution in [3.8, 4) is 11.3 Å². The number of hydrogen-bond acceptors (Lipinski definition) is 5. The molecule has 2 heterocycles. The molecule has 2 N–H and O–H groups in total. The number of nitrogens with zero attached hydrogens (tertiary/aromatic N) is 2. The van der Waals surface area contributed by atoms with E-state index in [4.69, 9.17) is 4.74 Å². The predicted molar refractivity (Wildman–Crippen MR) is 103 cm³/mol. The van der Waals surface area contributed by atoms with Gasteiger partial charge in [-0.05, 0) is 61.8 Å². The number of alkyl halides is 1.